The number of anilines is 2. The van der Waals surface area contributed by atoms with Crippen LogP contribution in [-0.2, 0) is 16.6 Å². The van der Waals surface area contributed by atoms with Crippen LogP contribution in [-0.4, -0.2) is 27.4 Å². The van der Waals surface area contributed by atoms with Gasteiger partial charge in [0.15, 0.2) is 0 Å². The highest BCUT2D eigenvalue weighted by molar-refractivity contribution is 7.92. The number of sulfonamides is 1. The minimum atomic E-state index is -3.73. The molecule has 1 saturated heterocycles. The first kappa shape index (κ1) is 22.9. The number of nitrogens with one attached hydrogen (secondary N) is 2. The Bertz CT molecular complexity index is 1200. The summed E-state index contributed by atoms with van der Waals surface area (Å²) in [6.45, 7) is 4.34. The molecule has 33 heavy (non-hydrogen) atoms. The van der Waals surface area contributed by atoms with Crippen molar-refractivity contribution in [2.75, 3.05) is 22.7 Å². The van der Waals surface area contributed by atoms with Gasteiger partial charge in [-0.15, -0.1) is 0 Å². The van der Waals surface area contributed by atoms with Crippen LogP contribution < -0.4 is 14.9 Å². The van der Waals surface area contributed by atoms with E-state index in [2.05, 4.69) is 27.1 Å². The van der Waals surface area contributed by atoms with Crippen molar-refractivity contribution in [1.29, 1.82) is 0 Å². The molecule has 0 saturated carbocycles. The van der Waals surface area contributed by atoms with Crippen molar-refractivity contribution in [3.63, 3.8) is 0 Å². The number of carbonyl (C=O) groups is 1. The average Bonchev–Trinajstić information content (AvgIpc) is 2.85. The molecule has 0 bridgehead atoms. The second-order valence-electron chi connectivity index (χ2n) is 8.29. The summed E-state index contributed by atoms with van der Waals surface area (Å²) in [6, 6.07) is 21.5. The van der Waals surface area contributed by atoms with Crippen molar-refractivity contribution in [3.05, 3.63) is 89.5 Å². The van der Waals surface area contributed by atoms with Crippen molar-refractivity contribution in [1.82, 2.24) is 5.32 Å². The third-order valence-electron chi connectivity index (χ3n) is 5.99. The molecule has 1 fully saturated rings. The summed E-state index contributed by atoms with van der Waals surface area (Å²) in [5.41, 5.74) is 3.64. The van der Waals surface area contributed by atoms with E-state index in [4.69, 9.17) is 0 Å². The van der Waals surface area contributed by atoms with Gasteiger partial charge >= 0.3 is 0 Å². The van der Waals surface area contributed by atoms with E-state index in [-0.39, 0.29) is 10.8 Å². The van der Waals surface area contributed by atoms with Crippen LogP contribution in [0.1, 0.15) is 40.7 Å². The molecular formula is C26H29N3O3S. The summed E-state index contributed by atoms with van der Waals surface area (Å²) >= 11 is 0. The van der Waals surface area contributed by atoms with Crippen LogP contribution in [0.3, 0.4) is 0 Å². The summed E-state index contributed by atoms with van der Waals surface area (Å²) < 4.78 is 27.9. The largest absolute Gasteiger partial charge is 0.372 e. The van der Waals surface area contributed by atoms with E-state index < -0.39 is 10.0 Å². The monoisotopic (exact) mass is 463 g/mol. The number of hydrogen-bond acceptors (Lipinski definition) is 4. The highest BCUT2D eigenvalue weighted by Gasteiger charge is 2.18. The molecule has 3 aromatic carbocycles. The fourth-order valence-corrected chi connectivity index (χ4v) is 5.19. The lowest BCUT2D eigenvalue weighted by Gasteiger charge is -2.28. The van der Waals surface area contributed by atoms with Gasteiger partial charge in [0, 0.05) is 30.9 Å². The van der Waals surface area contributed by atoms with Crippen molar-refractivity contribution in [2.45, 2.75) is 37.6 Å². The number of nitrogens with zero attached hydrogens (tertiary/aromatic N) is 1. The summed E-state index contributed by atoms with van der Waals surface area (Å²) in [5.74, 6) is -0.242. The zero-order valence-electron chi connectivity index (χ0n) is 18.8. The number of rotatable bonds is 7. The van der Waals surface area contributed by atoms with Gasteiger partial charge in [0.05, 0.1) is 10.6 Å². The van der Waals surface area contributed by atoms with Crippen LogP contribution in [0, 0.1) is 6.92 Å². The maximum Gasteiger partial charge on any atom is 0.261 e. The molecule has 0 unspecified atom stereocenters. The third kappa shape index (κ3) is 5.54. The lowest BCUT2D eigenvalue weighted by atomic mass is 10.1. The molecule has 3 aromatic rings. The van der Waals surface area contributed by atoms with Gasteiger partial charge in [-0.2, -0.15) is 0 Å². The molecule has 0 spiro atoms. The van der Waals surface area contributed by atoms with Crippen molar-refractivity contribution < 1.29 is 13.2 Å². The standard InChI is InChI=1S/C26H29N3O3S/c1-20-24(11-8-12-25(20)28-33(31,32)23-9-4-2-5-10-23)26(30)27-19-21-13-15-22(16-14-21)29-17-6-3-7-18-29/h2,4-5,8-16,28H,3,6-7,17-19H2,1H3,(H,27,30). The van der Waals surface area contributed by atoms with Gasteiger partial charge in [-0.3, -0.25) is 9.52 Å². The highest BCUT2D eigenvalue weighted by Crippen LogP contribution is 2.23. The molecule has 4 rings (SSSR count). The van der Waals surface area contributed by atoms with Gasteiger partial charge < -0.3 is 10.2 Å². The molecule has 2 N–H and O–H groups in total. The van der Waals surface area contributed by atoms with E-state index in [1.165, 1.54) is 37.1 Å². The molecule has 0 aromatic heterocycles. The number of benzene rings is 3. The molecular weight excluding hydrogens is 434 g/mol. The molecule has 172 valence electrons. The van der Waals surface area contributed by atoms with Crippen LogP contribution in [0.15, 0.2) is 77.7 Å². The molecule has 0 radical (unpaired) electrons. The molecule has 1 amide bonds. The maximum absolute atomic E-state index is 12.8. The highest BCUT2D eigenvalue weighted by atomic mass is 32.2. The minimum absolute atomic E-state index is 0.173. The predicted octanol–water partition coefficient (Wildman–Crippen LogP) is 4.72. The van der Waals surface area contributed by atoms with E-state index in [1.807, 2.05) is 12.1 Å². The SMILES string of the molecule is Cc1c(NS(=O)(=O)c2ccccc2)cccc1C(=O)NCc1ccc(N2CCCCC2)cc1. The van der Waals surface area contributed by atoms with Gasteiger partial charge in [0.1, 0.15) is 0 Å². The molecule has 1 aliphatic heterocycles. The van der Waals surface area contributed by atoms with E-state index in [0.29, 0.717) is 23.4 Å². The quantitative estimate of drug-likeness (QED) is 0.532. The van der Waals surface area contributed by atoms with Crippen molar-refractivity contribution >= 4 is 27.3 Å². The number of hydrogen-bond donors (Lipinski definition) is 2. The normalized spacial score (nSPS) is 14.0. The van der Waals surface area contributed by atoms with E-state index >= 15 is 0 Å². The van der Waals surface area contributed by atoms with E-state index in [9.17, 15) is 13.2 Å². The van der Waals surface area contributed by atoms with Crippen LogP contribution in [0.25, 0.3) is 0 Å². The lowest BCUT2D eigenvalue weighted by Crippen LogP contribution is -2.29. The Morgan fingerprint density at radius 2 is 1.58 bits per heavy atom. The van der Waals surface area contributed by atoms with Gasteiger partial charge in [0.25, 0.3) is 15.9 Å². The fraction of sp³-hybridized carbons (Fsp3) is 0.269. The second kappa shape index (κ2) is 10.1. The van der Waals surface area contributed by atoms with Gasteiger partial charge in [-0.1, -0.05) is 36.4 Å². The number of carbonyl (C=O) groups excluding carboxylic acids is 1. The smallest absolute Gasteiger partial charge is 0.261 e. The van der Waals surface area contributed by atoms with E-state index in [0.717, 1.165) is 18.7 Å². The summed E-state index contributed by atoms with van der Waals surface area (Å²) in [4.78, 5) is 15.4. The molecule has 1 heterocycles. The lowest BCUT2D eigenvalue weighted by molar-refractivity contribution is 0.0950. The van der Waals surface area contributed by atoms with Gasteiger partial charge in [-0.05, 0) is 73.7 Å². The zero-order valence-corrected chi connectivity index (χ0v) is 19.6. The molecule has 0 atom stereocenters. The predicted molar refractivity (Wildman–Crippen MR) is 132 cm³/mol. The average molecular weight is 464 g/mol. The third-order valence-corrected chi connectivity index (χ3v) is 7.37. The Balaban J connectivity index is 1.41. The summed E-state index contributed by atoms with van der Waals surface area (Å²) in [7, 11) is -3.73. The Morgan fingerprint density at radius 1 is 0.879 bits per heavy atom. The Kier molecular flexibility index (Phi) is 6.99. The van der Waals surface area contributed by atoms with Crippen LogP contribution >= 0.6 is 0 Å². The van der Waals surface area contributed by atoms with Gasteiger partial charge in [-0.25, -0.2) is 8.42 Å². The summed E-state index contributed by atoms with van der Waals surface area (Å²) in [6.07, 6.45) is 3.77. The second-order valence-corrected chi connectivity index (χ2v) is 9.98. The molecule has 0 aliphatic carbocycles. The zero-order chi connectivity index (χ0) is 23.3. The van der Waals surface area contributed by atoms with E-state index in [1.54, 1.807) is 43.3 Å². The Morgan fingerprint density at radius 3 is 2.27 bits per heavy atom. The molecule has 6 nitrogen and oxygen atoms in total. The van der Waals surface area contributed by atoms with Crippen LogP contribution in [0.2, 0.25) is 0 Å². The van der Waals surface area contributed by atoms with Crippen LogP contribution in [0.5, 0.6) is 0 Å². The first-order valence-corrected chi connectivity index (χ1v) is 12.7. The Hall–Kier alpha value is -3.32. The number of piperidine rings is 1. The fourth-order valence-electron chi connectivity index (χ4n) is 4.05. The Labute approximate surface area is 195 Å². The van der Waals surface area contributed by atoms with Gasteiger partial charge in [0.2, 0.25) is 0 Å². The van der Waals surface area contributed by atoms with Crippen molar-refractivity contribution in [2.24, 2.45) is 0 Å². The van der Waals surface area contributed by atoms with Crippen LogP contribution in [0.4, 0.5) is 11.4 Å². The summed E-state index contributed by atoms with van der Waals surface area (Å²) in [5, 5.41) is 2.95. The first-order valence-electron chi connectivity index (χ1n) is 11.2. The molecule has 1 aliphatic rings. The first-order chi connectivity index (χ1) is 15.9. The number of amides is 1. The topological polar surface area (TPSA) is 78.5 Å². The maximum atomic E-state index is 12.8. The molecule has 7 heteroatoms. The van der Waals surface area contributed by atoms with Crippen molar-refractivity contribution in [3.8, 4) is 0 Å². The minimum Gasteiger partial charge on any atom is -0.372 e.